The lowest BCUT2D eigenvalue weighted by Crippen LogP contribution is -2.05. The molecule has 1 aliphatic rings. The molecular weight excluding hydrogens is 178 g/mol. The first-order valence-corrected chi connectivity index (χ1v) is 4.88. The highest BCUT2D eigenvalue weighted by molar-refractivity contribution is 5.91. The molecule has 0 saturated carbocycles. The first kappa shape index (κ1) is 9.06. The average Bonchev–Trinajstić information content (AvgIpc) is 2.41. The monoisotopic (exact) mass is 191 g/mol. The fourth-order valence-corrected chi connectivity index (χ4v) is 1.87. The summed E-state index contributed by atoms with van der Waals surface area (Å²) in [5.41, 5.74) is 2.39. The van der Waals surface area contributed by atoms with Crippen molar-refractivity contribution in [1.82, 2.24) is 0 Å². The van der Waals surface area contributed by atoms with Crippen LogP contribution in [0.4, 0.5) is 5.69 Å². The Hall–Kier alpha value is -1.51. The lowest BCUT2D eigenvalue weighted by atomic mass is 10.0. The lowest BCUT2D eigenvalue weighted by Gasteiger charge is -2.09. The number of carboxylic acids is 1. The molecule has 3 heteroatoms. The third-order valence-electron chi connectivity index (χ3n) is 2.58. The average molecular weight is 191 g/mol. The second-order valence-corrected chi connectivity index (χ2v) is 3.52. The van der Waals surface area contributed by atoms with Crippen LogP contribution in [0, 0.1) is 0 Å². The zero-order valence-electron chi connectivity index (χ0n) is 7.92. The third kappa shape index (κ3) is 1.58. The minimum atomic E-state index is -0.828. The Morgan fingerprint density at radius 1 is 1.36 bits per heavy atom. The van der Waals surface area contributed by atoms with Gasteiger partial charge in [-0.1, -0.05) is 6.07 Å². The number of carboxylic acid groups (broad SMARTS) is 1. The lowest BCUT2D eigenvalue weighted by molar-refractivity contribution is 0.0696. The summed E-state index contributed by atoms with van der Waals surface area (Å²) in [5.74, 6) is -0.828. The van der Waals surface area contributed by atoms with E-state index in [4.69, 9.17) is 5.11 Å². The van der Waals surface area contributed by atoms with E-state index in [1.54, 1.807) is 12.1 Å². The van der Waals surface area contributed by atoms with Gasteiger partial charge >= 0.3 is 5.97 Å². The van der Waals surface area contributed by atoms with Crippen molar-refractivity contribution in [3.8, 4) is 0 Å². The van der Waals surface area contributed by atoms with Crippen molar-refractivity contribution in [2.45, 2.75) is 19.3 Å². The van der Waals surface area contributed by atoms with Crippen molar-refractivity contribution in [2.24, 2.45) is 0 Å². The highest BCUT2D eigenvalue weighted by atomic mass is 16.4. The standard InChI is InChI=1S/C11H13NO2/c13-11(14)9-5-3-6-10-8(9)4-1-2-7-12-10/h3,5-6,12H,1-2,4,7H2,(H,13,14). The molecule has 0 spiro atoms. The van der Waals surface area contributed by atoms with Gasteiger partial charge in [-0.05, 0) is 37.0 Å². The third-order valence-corrected chi connectivity index (χ3v) is 2.58. The molecule has 2 N–H and O–H groups in total. The van der Waals surface area contributed by atoms with Gasteiger partial charge < -0.3 is 10.4 Å². The van der Waals surface area contributed by atoms with Gasteiger partial charge in [0.05, 0.1) is 5.56 Å². The summed E-state index contributed by atoms with van der Waals surface area (Å²) in [4.78, 5) is 11.0. The van der Waals surface area contributed by atoms with E-state index in [0.29, 0.717) is 5.56 Å². The van der Waals surface area contributed by atoms with Crippen molar-refractivity contribution >= 4 is 11.7 Å². The largest absolute Gasteiger partial charge is 0.478 e. The van der Waals surface area contributed by atoms with Crippen LogP contribution in [-0.2, 0) is 6.42 Å². The molecule has 1 aromatic carbocycles. The number of fused-ring (bicyclic) bond motifs is 1. The molecule has 2 rings (SSSR count). The molecule has 1 heterocycles. The molecule has 0 aliphatic carbocycles. The van der Waals surface area contributed by atoms with Crippen LogP contribution in [0.15, 0.2) is 18.2 Å². The van der Waals surface area contributed by atoms with Crippen LogP contribution in [-0.4, -0.2) is 17.6 Å². The molecule has 0 unspecified atom stereocenters. The van der Waals surface area contributed by atoms with E-state index in [-0.39, 0.29) is 0 Å². The first-order chi connectivity index (χ1) is 6.79. The van der Waals surface area contributed by atoms with Gasteiger partial charge in [0, 0.05) is 12.2 Å². The van der Waals surface area contributed by atoms with Gasteiger partial charge in [0.1, 0.15) is 0 Å². The van der Waals surface area contributed by atoms with Gasteiger partial charge in [-0.2, -0.15) is 0 Å². The summed E-state index contributed by atoms with van der Waals surface area (Å²) >= 11 is 0. The van der Waals surface area contributed by atoms with E-state index in [1.807, 2.05) is 6.07 Å². The molecule has 0 bridgehead atoms. The van der Waals surface area contributed by atoms with Crippen LogP contribution in [0.5, 0.6) is 0 Å². The minimum Gasteiger partial charge on any atom is -0.478 e. The molecular formula is C11H13NO2. The van der Waals surface area contributed by atoms with Crippen molar-refractivity contribution in [1.29, 1.82) is 0 Å². The van der Waals surface area contributed by atoms with Crippen molar-refractivity contribution in [3.63, 3.8) is 0 Å². The molecule has 0 amide bonds. The maximum absolute atomic E-state index is 11.0. The zero-order valence-corrected chi connectivity index (χ0v) is 7.92. The van der Waals surface area contributed by atoms with Gasteiger partial charge in [0.25, 0.3) is 0 Å². The van der Waals surface area contributed by atoms with Crippen molar-refractivity contribution < 1.29 is 9.90 Å². The zero-order chi connectivity index (χ0) is 9.97. The molecule has 0 aromatic heterocycles. The fourth-order valence-electron chi connectivity index (χ4n) is 1.87. The molecule has 1 aliphatic heterocycles. The maximum Gasteiger partial charge on any atom is 0.336 e. The Bertz CT molecular complexity index is 360. The molecule has 0 fully saturated rings. The van der Waals surface area contributed by atoms with Crippen LogP contribution in [0.1, 0.15) is 28.8 Å². The molecule has 0 radical (unpaired) electrons. The number of nitrogens with one attached hydrogen (secondary N) is 1. The van der Waals surface area contributed by atoms with Gasteiger partial charge in [0.2, 0.25) is 0 Å². The summed E-state index contributed by atoms with van der Waals surface area (Å²) in [6, 6.07) is 5.42. The van der Waals surface area contributed by atoms with Gasteiger partial charge in [0.15, 0.2) is 0 Å². The molecule has 1 aromatic rings. The number of benzene rings is 1. The smallest absolute Gasteiger partial charge is 0.336 e. The molecule has 3 nitrogen and oxygen atoms in total. The molecule has 0 saturated heterocycles. The van der Waals surface area contributed by atoms with Crippen LogP contribution in [0.2, 0.25) is 0 Å². The van der Waals surface area contributed by atoms with E-state index in [2.05, 4.69) is 5.32 Å². The summed E-state index contributed by atoms with van der Waals surface area (Å²) in [7, 11) is 0. The topological polar surface area (TPSA) is 49.3 Å². The van der Waals surface area contributed by atoms with Gasteiger partial charge in [-0.25, -0.2) is 4.79 Å². The molecule has 74 valence electrons. The predicted octanol–water partition coefficient (Wildman–Crippen LogP) is 2.13. The quantitative estimate of drug-likeness (QED) is 0.715. The second kappa shape index (κ2) is 3.70. The second-order valence-electron chi connectivity index (χ2n) is 3.52. The highest BCUT2D eigenvalue weighted by Crippen LogP contribution is 2.24. The summed E-state index contributed by atoms with van der Waals surface area (Å²) in [6.45, 7) is 0.941. The predicted molar refractivity (Wildman–Crippen MR) is 54.8 cm³/mol. The van der Waals surface area contributed by atoms with E-state index < -0.39 is 5.97 Å². The number of rotatable bonds is 1. The SMILES string of the molecule is O=C(O)c1cccc2c1CCCCN2. The Morgan fingerprint density at radius 2 is 2.21 bits per heavy atom. The molecule has 0 atom stereocenters. The van der Waals surface area contributed by atoms with E-state index in [1.165, 1.54) is 0 Å². The van der Waals surface area contributed by atoms with Crippen LogP contribution in [0.25, 0.3) is 0 Å². The molecule has 14 heavy (non-hydrogen) atoms. The highest BCUT2D eigenvalue weighted by Gasteiger charge is 2.15. The Morgan fingerprint density at radius 3 is 3.00 bits per heavy atom. The number of hydrogen-bond acceptors (Lipinski definition) is 2. The fraction of sp³-hybridized carbons (Fsp3) is 0.364. The van der Waals surface area contributed by atoms with Crippen molar-refractivity contribution in [3.05, 3.63) is 29.3 Å². The van der Waals surface area contributed by atoms with Crippen LogP contribution in [0.3, 0.4) is 0 Å². The van der Waals surface area contributed by atoms with Crippen LogP contribution < -0.4 is 5.32 Å². The van der Waals surface area contributed by atoms with Gasteiger partial charge in [-0.3, -0.25) is 0 Å². The van der Waals surface area contributed by atoms with Crippen LogP contribution >= 0.6 is 0 Å². The number of aromatic carboxylic acids is 1. The summed E-state index contributed by atoms with van der Waals surface area (Å²) < 4.78 is 0. The van der Waals surface area contributed by atoms with E-state index in [0.717, 1.165) is 37.1 Å². The normalized spacial score (nSPS) is 15.1. The Labute approximate surface area is 82.8 Å². The maximum atomic E-state index is 11.0. The Kier molecular flexibility index (Phi) is 2.39. The number of hydrogen-bond donors (Lipinski definition) is 2. The van der Waals surface area contributed by atoms with Crippen molar-refractivity contribution in [2.75, 3.05) is 11.9 Å². The van der Waals surface area contributed by atoms with E-state index >= 15 is 0 Å². The number of anilines is 1. The van der Waals surface area contributed by atoms with Gasteiger partial charge in [-0.15, -0.1) is 0 Å². The van der Waals surface area contributed by atoms with E-state index in [9.17, 15) is 4.79 Å². The summed E-state index contributed by atoms with van der Waals surface area (Å²) in [6.07, 6.45) is 3.03. The first-order valence-electron chi connectivity index (χ1n) is 4.88. The Balaban J connectivity index is 2.47. The summed E-state index contributed by atoms with van der Waals surface area (Å²) in [5, 5.41) is 12.3. The number of carbonyl (C=O) groups is 1. The minimum absolute atomic E-state index is 0.442.